The van der Waals surface area contributed by atoms with E-state index in [1.807, 2.05) is 22.8 Å². The van der Waals surface area contributed by atoms with Gasteiger partial charge in [0.05, 0.1) is 0 Å². The van der Waals surface area contributed by atoms with Crippen molar-refractivity contribution in [3.8, 4) is 0 Å². The van der Waals surface area contributed by atoms with Gasteiger partial charge in [-0.25, -0.2) is 0 Å². The summed E-state index contributed by atoms with van der Waals surface area (Å²) in [6.45, 7) is 4.02. The number of nitrogens with zero attached hydrogens (tertiary/aromatic N) is 2. The second-order valence-electron chi connectivity index (χ2n) is 8.40. The minimum Gasteiger partial charge on any atom is -0.326 e. The van der Waals surface area contributed by atoms with Crippen molar-refractivity contribution >= 4 is 11.8 Å². The zero-order chi connectivity index (χ0) is 18.3. The normalized spacial score (nSPS) is 32.4. The van der Waals surface area contributed by atoms with Crippen LogP contribution in [-0.2, 0) is 16.0 Å². The number of rotatable bonds is 4. The predicted molar refractivity (Wildman–Crippen MR) is 102 cm³/mol. The Morgan fingerprint density at radius 2 is 1.81 bits per heavy atom. The van der Waals surface area contributed by atoms with Crippen LogP contribution in [0, 0.1) is 5.92 Å². The van der Waals surface area contributed by atoms with E-state index in [2.05, 4.69) is 31.2 Å². The van der Waals surface area contributed by atoms with Gasteiger partial charge in [-0.15, -0.1) is 0 Å². The van der Waals surface area contributed by atoms with Crippen LogP contribution in [-0.4, -0.2) is 45.8 Å². The van der Waals surface area contributed by atoms with E-state index in [1.54, 1.807) is 0 Å². The van der Waals surface area contributed by atoms with Gasteiger partial charge in [0.15, 0.2) is 0 Å². The van der Waals surface area contributed by atoms with E-state index in [1.165, 1.54) is 24.8 Å². The van der Waals surface area contributed by atoms with Crippen molar-refractivity contribution in [3.05, 3.63) is 35.9 Å². The molecule has 2 aliphatic heterocycles. The maximum absolute atomic E-state index is 13.3. The molecule has 0 spiro atoms. The highest BCUT2D eigenvalue weighted by atomic mass is 16.2. The van der Waals surface area contributed by atoms with Gasteiger partial charge in [0, 0.05) is 12.1 Å². The Bertz CT molecular complexity index is 674. The lowest BCUT2D eigenvalue weighted by Gasteiger charge is -2.46. The van der Waals surface area contributed by atoms with Crippen LogP contribution in [0.15, 0.2) is 30.3 Å². The number of fused-ring (bicyclic) bond motifs is 3. The predicted octanol–water partition coefficient (Wildman–Crippen LogP) is 3.40. The topological polar surface area (TPSA) is 40.6 Å². The molecule has 0 N–H and O–H groups in total. The van der Waals surface area contributed by atoms with E-state index in [9.17, 15) is 9.59 Å². The molecule has 3 fully saturated rings. The van der Waals surface area contributed by atoms with Crippen molar-refractivity contribution in [3.63, 3.8) is 0 Å². The fourth-order valence-electron chi connectivity index (χ4n) is 5.45. The van der Waals surface area contributed by atoms with Crippen LogP contribution in [0.1, 0.15) is 57.9 Å². The molecule has 2 heterocycles. The van der Waals surface area contributed by atoms with E-state index in [-0.39, 0.29) is 29.9 Å². The van der Waals surface area contributed by atoms with Crippen LogP contribution < -0.4 is 0 Å². The Kier molecular flexibility index (Phi) is 4.76. The SMILES string of the molecule is C[C@H](CCc1ccccc1)N1C(=O)[C@@H]2C[C@H]3CCCC[C@@H]3N2C(=O)[C@@H]1C. The molecule has 1 aromatic rings. The average molecular weight is 354 g/mol. The van der Waals surface area contributed by atoms with E-state index in [0.29, 0.717) is 12.0 Å². The molecule has 140 valence electrons. The molecule has 0 aromatic heterocycles. The fraction of sp³-hybridized carbons (Fsp3) is 0.636. The summed E-state index contributed by atoms with van der Waals surface area (Å²) >= 11 is 0. The van der Waals surface area contributed by atoms with E-state index >= 15 is 0 Å². The number of amides is 2. The minimum absolute atomic E-state index is 0.0893. The molecular formula is C22H30N2O2. The Morgan fingerprint density at radius 1 is 1.08 bits per heavy atom. The average Bonchev–Trinajstić information content (AvgIpc) is 3.06. The standard InChI is InChI=1S/C22H30N2O2/c1-15(12-13-17-8-4-3-5-9-17)23-16(2)21(25)24-19-11-7-6-10-18(19)14-20(24)22(23)26/h3-5,8-9,15-16,18-20H,6-7,10-14H2,1-2H3/t15-,16+,18-,19+,20+/m1/s1. The largest absolute Gasteiger partial charge is 0.326 e. The van der Waals surface area contributed by atoms with Gasteiger partial charge in [-0.1, -0.05) is 43.2 Å². The summed E-state index contributed by atoms with van der Waals surface area (Å²) in [7, 11) is 0. The van der Waals surface area contributed by atoms with Crippen molar-refractivity contribution in [1.29, 1.82) is 0 Å². The van der Waals surface area contributed by atoms with Gasteiger partial charge in [-0.2, -0.15) is 0 Å². The lowest BCUT2D eigenvalue weighted by molar-refractivity contribution is -0.163. The molecule has 1 aliphatic carbocycles. The zero-order valence-electron chi connectivity index (χ0n) is 15.9. The van der Waals surface area contributed by atoms with Gasteiger partial charge < -0.3 is 9.80 Å². The number of hydrogen-bond donors (Lipinski definition) is 0. The van der Waals surface area contributed by atoms with Gasteiger partial charge in [0.25, 0.3) is 0 Å². The Morgan fingerprint density at radius 3 is 2.58 bits per heavy atom. The molecular weight excluding hydrogens is 324 g/mol. The van der Waals surface area contributed by atoms with Gasteiger partial charge in [-0.3, -0.25) is 9.59 Å². The van der Waals surface area contributed by atoms with E-state index in [0.717, 1.165) is 25.7 Å². The molecule has 4 rings (SSSR count). The van der Waals surface area contributed by atoms with Crippen molar-refractivity contribution in [2.75, 3.05) is 0 Å². The lowest BCUT2D eigenvalue weighted by Crippen LogP contribution is -2.65. The minimum atomic E-state index is -0.329. The van der Waals surface area contributed by atoms with Gasteiger partial charge >= 0.3 is 0 Å². The molecule has 2 amide bonds. The first kappa shape index (κ1) is 17.6. The molecule has 4 nitrogen and oxygen atoms in total. The number of benzene rings is 1. The highest BCUT2D eigenvalue weighted by Crippen LogP contribution is 2.43. The lowest BCUT2D eigenvalue weighted by atomic mass is 9.85. The summed E-state index contributed by atoms with van der Waals surface area (Å²) in [4.78, 5) is 30.3. The second-order valence-corrected chi connectivity index (χ2v) is 8.40. The molecule has 0 radical (unpaired) electrons. The number of piperazine rings is 1. The molecule has 3 aliphatic rings. The van der Waals surface area contributed by atoms with Crippen molar-refractivity contribution < 1.29 is 9.59 Å². The first-order valence-corrected chi connectivity index (χ1v) is 10.3. The second kappa shape index (κ2) is 7.05. The maximum atomic E-state index is 13.3. The van der Waals surface area contributed by atoms with Crippen molar-refractivity contribution in [2.45, 2.75) is 83.0 Å². The van der Waals surface area contributed by atoms with Crippen molar-refractivity contribution in [1.82, 2.24) is 9.80 Å². The molecule has 4 heteroatoms. The molecule has 1 aromatic carbocycles. The fourth-order valence-corrected chi connectivity index (χ4v) is 5.45. The van der Waals surface area contributed by atoms with Crippen molar-refractivity contribution in [2.24, 2.45) is 5.92 Å². The third-order valence-corrected chi connectivity index (χ3v) is 6.83. The summed E-state index contributed by atoms with van der Waals surface area (Å²) in [6.07, 6.45) is 7.41. The van der Waals surface area contributed by atoms with Crippen LogP contribution in [0.25, 0.3) is 0 Å². The van der Waals surface area contributed by atoms with Gasteiger partial charge in [0.1, 0.15) is 12.1 Å². The molecule has 1 saturated carbocycles. The van der Waals surface area contributed by atoms with Crippen LogP contribution in [0.3, 0.4) is 0 Å². The quantitative estimate of drug-likeness (QED) is 0.831. The summed E-state index contributed by atoms with van der Waals surface area (Å²) in [5.74, 6) is 0.899. The smallest absolute Gasteiger partial charge is 0.246 e. The highest BCUT2D eigenvalue weighted by molar-refractivity contribution is 5.97. The Labute approximate surface area is 156 Å². The molecule has 5 atom stereocenters. The van der Waals surface area contributed by atoms with Gasteiger partial charge in [-0.05, 0) is 57.4 Å². The highest BCUT2D eigenvalue weighted by Gasteiger charge is 2.54. The van der Waals surface area contributed by atoms with Crippen LogP contribution >= 0.6 is 0 Å². The summed E-state index contributed by atoms with van der Waals surface area (Å²) in [5, 5.41) is 0. The van der Waals surface area contributed by atoms with E-state index in [4.69, 9.17) is 0 Å². The molecule has 0 bridgehead atoms. The zero-order valence-corrected chi connectivity index (χ0v) is 15.9. The summed E-state index contributed by atoms with van der Waals surface area (Å²) in [5.41, 5.74) is 1.29. The molecule has 26 heavy (non-hydrogen) atoms. The third-order valence-electron chi connectivity index (χ3n) is 6.83. The Hall–Kier alpha value is -1.84. The summed E-state index contributed by atoms with van der Waals surface area (Å²) < 4.78 is 0. The van der Waals surface area contributed by atoms with Crippen LogP contribution in [0.2, 0.25) is 0 Å². The third kappa shape index (κ3) is 2.93. The number of carbonyl (C=O) groups excluding carboxylic acids is 2. The molecule has 2 saturated heterocycles. The number of hydrogen-bond acceptors (Lipinski definition) is 2. The van der Waals surface area contributed by atoms with Crippen LogP contribution in [0.5, 0.6) is 0 Å². The number of aryl methyl sites for hydroxylation is 1. The number of carbonyl (C=O) groups is 2. The summed E-state index contributed by atoms with van der Waals surface area (Å²) in [6, 6.07) is 10.3. The first-order valence-electron chi connectivity index (χ1n) is 10.3. The monoisotopic (exact) mass is 354 g/mol. The Balaban J connectivity index is 1.49. The van der Waals surface area contributed by atoms with E-state index < -0.39 is 0 Å². The molecule has 0 unspecified atom stereocenters. The van der Waals surface area contributed by atoms with Gasteiger partial charge in [0.2, 0.25) is 11.8 Å². The first-order chi connectivity index (χ1) is 12.6. The maximum Gasteiger partial charge on any atom is 0.246 e. The van der Waals surface area contributed by atoms with Crippen LogP contribution in [0.4, 0.5) is 0 Å².